The minimum Gasteiger partial charge on any atom is -0.374 e. The molecule has 116 valence electrons. The van der Waals surface area contributed by atoms with Crippen LogP contribution in [0.15, 0.2) is 60.7 Å². The molecule has 1 fully saturated rings. The third-order valence-corrected chi connectivity index (χ3v) is 3.79. The molecular weight excluding hydrogens is 276 g/mol. The number of ether oxygens (including phenoxy) is 3. The van der Waals surface area contributed by atoms with E-state index in [1.807, 2.05) is 36.4 Å². The van der Waals surface area contributed by atoms with E-state index in [4.69, 9.17) is 14.2 Å². The monoisotopic (exact) mass is 298 g/mol. The van der Waals surface area contributed by atoms with Gasteiger partial charge < -0.3 is 14.2 Å². The summed E-state index contributed by atoms with van der Waals surface area (Å²) in [6.07, 6.45) is 1.22. The number of rotatable bonds is 7. The average molecular weight is 298 g/mol. The molecule has 2 aromatic rings. The van der Waals surface area contributed by atoms with Crippen molar-refractivity contribution in [2.45, 2.75) is 31.8 Å². The van der Waals surface area contributed by atoms with Crippen molar-refractivity contribution < 1.29 is 14.2 Å². The van der Waals surface area contributed by atoms with Crippen molar-refractivity contribution in [2.24, 2.45) is 0 Å². The normalized spacial score (nSPS) is 21.1. The maximum Gasteiger partial charge on any atom is 0.0838 e. The Kier molecular flexibility index (Phi) is 5.59. The lowest BCUT2D eigenvalue weighted by Crippen LogP contribution is -2.16. The van der Waals surface area contributed by atoms with Gasteiger partial charge in [-0.05, 0) is 11.1 Å². The summed E-state index contributed by atoms with van der Waals surface area (Å²) in [6, 6.07) is 20.4. The van der Waals surface area contributed by atoms with Crippen LogP contribution in [0.5, 0.6) is 0 Å². The van der Waals surface area contributed by atoms with Crippen LogP contribution < -0.4 is 0 Å². The van der Waals surface area contributed by atoms with E-state index in [0.29, 0.717) is 26.4 Å². The van der Waals surface area contributed by atoms with Gasteiger partial charge in [-0.2, -0.15) is 0 Å². The molecule has 0 amide bonds. The summed E-state index contributed by atoms with van der Waals surface area (Å²) in [5, 5.41) is 0. The summed E-state index contributed by atoms with van der Waals surface area (Å²) in [5.74, 6) is 0. The van der Waals surface area contributed by atoms with E-state index < -0.39 is 0 Å². The van der Waals surface area contributed by atoms with Crippen LogP contribution in [0.4, 0.5) is 0 Å². The highest BCUT2D eigenvalue weighted by atomic mass is 16.6. The van der Waals surface area contributed by atoms with Gasteiger partial charge in [-0.15, -0.1) is 0 Å². The van der Waals surface area contributed by atoms with Crippen molar-refractivity contribution in [1.29, 1.82) is 0 Å². The van der Waals surface area contributed by atoms with E-state index in [1.54, 1.807) is 0 Å². The Hall–Kier alpha value is -1.68. The summed E-state index contributed by atoms with van der Waals surface area (Å²) in [4.78, 5) is 0. The maximum atomic E-state index is 5.90. The van der Waals surface area contributed by atoms with E-state index in [2.05, 4.69) is 24.3 Å². The van der Waals surface area contributed by atoms with Crippen LogP contribution in [-0.4, -0.2) is 25.4 Å². The fourth-order valence-electron chi connectivity index (χ4n) is 2.58. The van der Waals surface area contributed by atoms with Crippen molar-refractivity contribution in [1.82, 2.24) is 0 Å². The molecule has 3 rings (SSSR count). The second kappa shape index (κ2) is 8.08. The zero-order valence-corrected chi connectivity index (χ0v) is 12.7. The standard InChI is InChI=1S/C19H22O3/c1-3-7-16(8-4-1)12-20-14-18-11-19(15-22-18)21-13-17-9-5-2-6-10-17/h1-10,18-19H,11-15H2/t18-,19+/m1/s1. The summed E-state index contributed by atoms with van der Waals surface area (Å²) in [7, 11) is 0. The van der Waals surface area contributed by atoms with Gasteiger partial charge in [0.25, 0.3) is 0 Å². The second-order valence-electron chi connectivity index (χ2n) is 5.61. The van der Waals surface area contributed by atoms with Crippen molar-refractivity contribution >= 4 is 0 Å². The van der Waals surface area contributed by atoms with Crippen molar-refractivity contribution in [3.8, 4) is 0 Å². The molecule has 0 N–H and O–H groups in total. The third kappa shape index (κ3) is 4.67. The van der Waals surface area contributed by atoms with E-state index in [9.17, 15) is 0 Å². The number of hydrogen-bond acceptors (Lipinski definition) is 3. The molecule has 0 saturated carbocycles. The molecule has 0 unspecified atom stereocenters. The molecule has 2 atom stereocenters. The van der Waals surface area contributed by atoms with Crippen molar-refractivity contribution in [3.05, 3.63) is 71.8 Å². The van der Waals surface area contributed by atoms with E-state index in [1.165, 1.54) is 11.1 Å². The molecule has 3 heteroatoms. The van der Waals surface area contributed by atoms with Crippen LogP contribution in [0, 0.1) is 0 Å². The molecular formula is C19H22O3. The SMILES string of the molecule is c1ccc(COC[C@H]2C[C@H](OCc3ccccc3)CO2)cc1. The smallest absolute Gasteiger partial charge is 0.0838 e. The quantitative estimate of drug-likeness (QED) is 0.782. The van der Waals surface area contributed by atoms with E-state index >= 15 is 0 Å². The average Bonchev–Trinajstić information content (AvgIpc) is 3.03. The predicted molar refractivity (Wildman–Crippen MR) is 85.5 cm³/mol. The molecule has 22 heavy (non-hydrogen) atoms. The lowest BCUT2D eigenvalue weighted by Gasteiger charge is -2.11. The van der Waals surface area contributed by atoms with Gasteiger partial charge in [-0.25, -0.2) is 0 Å². The molecule has 0 spiro atoms. The topological polar surface area (TPSA) is 27.7 Å². The summed E-state index contributed by atoms with van der Waals surface area (Å²) in [5.41, 5.74) is 2.39. The Morgan fingerprint density at radius 2 is 1.50 bits per heavy atom. The molecule has 0 aliphatic carbocycles. The van der Waals surface area contributed by atoms with Crippen LogP contribution in [0.2, 0.25) is 0 Å². The van der Waals surface area contributed by atoms with Gasteiger partial charge >= 0.3 is 0 Å². The first-order chi connectivity index (χ1) is 10.9. The molecule has 0 bridgehead atoms. The minimum atomic E-state index is 0.143. The highest BCUT2D eigenvalue weighted by Crippen LogP contribution is 2.18. The van der Waals surface area contributed by atoms with Crippen LogP contribution in [0.1, 0.15) is 17.5 Å². The summed E-state index contributed by atoms with van der Waals surface area (Å²) in [6.45, 7) is 2.56. The Morgan fingerprint density at radius 3 is 2.18 bits per heavy atom. The maximum absolute atomic E-state index is 5.90. The van der Waals surface area contributed by atoms with Gasteiger partial charge in [-0.3, -0.25) is 0 Å². The van der Waals surface area contributed by atoms with Crippen LogP contribution in [0.3, 0.4) is 0 Å². The molecule has 3 nitrogen and oxygen atoms in total. The molecule has 1 aliphatic rings. The minimum absolute atomic E-state index is 0.143. The highest BCUT2D eigenvalue weighted by molar-refractivity contribution is 5.14. The molecule has 2 aromatic carbocycles. The van der Waals surface area contributed by atoms with Gasteiger partial charge in [0, 0.05) is 6.42 Å². The summed E-state index contributed by atoms with van der Waals surface area (Å²) >= 11 is 0. The van der Waals surface area contributed by atoms with Gasteiger partial charge in [-0.1, -0.05) is 60.7 Å². The molecule has 1 aliphatic heterocycles. The Morgan fingerprint density at radius 1 is 0.864 bits per heavy atom. The number of benzene rings is 2. The van der Waals surface area contributed by atoms with E-state index in [0.717, 1.165) is 6.42 Å². The highest BCUT2D eigenvalue weighted by Gasteiger charge is 2.26. The Bertz CT molecular complexity index is 541. The Balaban J connectivity index is 1.34. The van der Waals surface area contributed by atoms with E-state index in [-0.39, 0.29) is 12.2 Å². The van der Waals surface area contributed by atoms with Crippen molar-refractivity contribution in [3.63, 3.8) is 0 Å². The van der Waals surface area contributed by atoms with Crippen LogP contribution in [-0.2, 0) is 27.4 Å². The fraction of sp³-hybridized carbons (Fsp3) is 0.368. The molecule has 1 heterocycles. The first kappa shape index (κ1) is 15.2. The number of hydrogen-bond donors (Lipinski definition) is 0. The largest absolute Gasteiger partial charge is 0.374 e. The van der Waals surface area contributed by atoms with Crippen LogP contribution >= 0.6 is 0 Å². The van der Waals surface area contributed by atoms with Gasteiger partial charge in [0.05, 0.1) is 38.6 Å². The van der Waals surface area contributed by atoms with Gasteiger partial charge in [0.15, 0.2) is 0 Å². The Labute approximate surface area is 131 Å². The zero-order chi connectivity index (χ0) is 15.0. The lowest BCUT2D eigenvalue weighted by atomic mass is 10.2. The fourth-order valence-corrected chi connectivity index (χ4v) is 2.58. The van der Waals surface area contributed by atoms with Crippen molar-refractivity contribution in [2.75, 3.05) is 13.2 Å². The first-order valence-electron chi connectivity index (χ1n) is 7.79. The predicted octanol–water partition coefficient (Wildman–Crippen LogP) is 3.58. The molecule has 0 radical (unpaired) electrons. The van der Waals surface area contributed by atoms with Gasteiger partial charge in [0.1, 0.15) is 0 Å². The van der Waals surface area contributed by atoms with Gasteiger partial charge in [0.2, 0.25) is 0 Å². The third-order valence-electron chi connectivity index (χ3n) is 3.79. The molecule has 0 aromatic heterocycles. The summed E-state index contributed by atoms with van der Waals surface area (Å²) < 4.78 is 17.4. The van der Waals surface area contributed by atoms with Crippen LogP contribution in [0.25, 0.3) is 0 Å². The first-order valence-corrected chi connectivity index (χ1v) is 7.79. The molecule has 1 saturated heterocycles. The second-order valence-corrected chi connectivity index (χ2v) is 5.61. The lowest BCUT2D eigenvalue weighted by molar-refractivity contribution is 0.00227. The zero-order valence-electron chi connectivity index (χ0n) is 12.7.